The fraction of sp³-hybridized carbons (Fsp3) is 0. The predicted molar refractivity (Wildman–Crippen MR) is 91.5 cm³/mol. The smallest absolute Gasteiger partial charge is 0.213 e. The molecule has 23 heavy (non-hydrogen) atoms. The second-order valence-corrected chi connectivity index (χ2v) is 6.23. The molecule has 110 valence electrons. The van der Waals surface area contributed by atoms with E-state index in [-0.39, 0.29) is 0 Å². The molecule has 0 amide bonds. The minimum Gasteiger partial charge on any atom is -0.453 e. The molecule has 5 heteroatoms. The second-order valence-electron chi connectivity index (χ2n) is 5.28. The molecule has 0 aliphatic carbocycles. The zero-order valence-corrected chi connectivity index (χ0v) is 12.8. The van der Waals surface area contributed by atoms with Crippen LogP contribution in [0.1, 0.15) is 0 Å². The van der Waals surface area contributed by atoms with Crippen LogP contribution in [0.5, 0.6) is 0 Å². The van der Waals surface area contributed by atoms with Gasteiger partial charge in [-0.15, -0.1) is 0 Å². The minimum atomic E-state index is 0.781. The van der Waals surface area contributed by atoms with E-state index in [9.17, 15) is 0 Å². The van der Waals surface area contributed by atoms with Crippen LogP contribution in [-0.2, 0) is 0 Å². The van der Waals surface area contributed by atoms with Crippen molar-refractivity contribution in [2.24, 2.45) is 0 Å². The van der Waals surface area contributed by atoms with Gasteiger partial charge in [-0.25, -0.2) is 9.50 Å². The molecule has 0 spiro atoms. The molecule has 5 rings (SSSR count). The standard InChI is InChI=1S/C18H11N3OS/c1-2-6-12(7-3-1)14-11-21-18(19-14)23-17(20-21)16-10-13-8-4-5-9-15(13)22-16/h1-11H. The number of benzene rings is 2. The Morgan fingerprint density at radius 3 is 2.61 bits per heavy atom. The van der Waals surface area contributed by atoms with Crippen molar-refractivity contribution in [1.29, 1.82) is 0 Å². The van der Waals surface area contributed by atoms with E-state index in [0.29, 0.717) is 0 Å². The lowest BCUT2D eigenvalue weighted by Crippen LogP contribution is -1.81. The molecule has 0 saturated heterocycles. The number of nitrogens with zero attached hydrogens (tertiary/aromatic N) is 3. The first-order valence-electron chi connectivity index (χ1n) is 7.27. The minimum absolute atomic E-state index is 0.781. The van der Waals surface area contributed by atoms with Gasteiger partial charge in [0.2, 0.25) is 4.96 Å². The van der Waals surface area contributed by atoms with Gasteiger partial charge >= 0.3 is 0 Å². The molecule has 2 aromatic carbocycles. The molecule has 0 fully saturated rings. The third kappa shape index (κ3) is 2.05. The maximum Gasteiger partial charge on any atom is 0.213 e. The Kier molecular flexibility index (Phi) is 2.63. The Hall–Kier alpha value is -2.92. The third-order valence-corrected chi connectivity index (χ3v) is 4.69. The normalized spacial score (nSPS) is 11.5. The van der Waals surface area contributed by atoms with Crippen molar-refractivity contribution in [2.45, 2.75) is 0 Å². The van der Waals surface area contributed by atoms with Crippen LogP contribution in [0.25, 0.3) is 38.0 Å². The number of imidazole rings is 1. The van der Waals surface area contributed by atoms with Crippen molar-refractivity contribution in [3.8, 4) is 22.0 Å². The van der Waals surface area contributed by atoms with Crippen LogP contribution in [0, 0.1) is 0 Å². The molecule has 0 radical (unpaired) electrons. The summed E-state index contributed by atoms with van der Waals surface area (Å²) in [6.07, 6.45) is 1.95. The monoisotopic (exact) mass is 317 g/mol. The Bertz CT molecular complexity index is 1060. The van der Waals surface area contributed by atoms with E-state index < -0.39 is 0 Å². The van der Waals surface area contributed by atoms with E-state index in [4.69, 9.17) is 4.42 Å². The van der Waals surface area contributed by atoms with Crippen molar-refractivity contribution < 1.29 is 4.42 Å². The number of furan rings is 1. The highest BCUT2D eigenvalue weighted by atomic mass is 32.1. The molecule has 0 bridgehead atoms. The third-order valence-electron chi connectivity index (χ3n) is 3.75. The van der Waals surface area contributed by atoms with Gasteiger partial charge in [-0.3, -0.25) is 0 Å². The highest BCUT2D eigenvalue weighted by Crippen LogP contribution is 2.31. The number of hydrogen-bond acceptors (Lipinski definition) is 4. The molecule has 5 aromatic rings. The highest BCUT2D eigenvalue weighted by molar-refractivity contribution is 7.19. The van der Waals surface area contributed by atoms with Crippen molar-refractivity contribution in [3.63, 3.8) is 0 Å². The van der Waals surface area contributed by atoms with Crippen LogP contribution < -0.4 is 0 Å². The molecule has 0 saturated carbocycles. The van der Waals surface area contributed by atoms with Gasteiger partial charge in [-0.1, -0.05) is 59.9 Å². The van der Waals surface area contributed by atoms with E-state index in [1.165, 1.54) is 11.3 Å². The molecule has 3 aromatic heterocycles. The van der Waals surface area contributed by atoms with E-state index in [1.807, 2.05) is 71.4 Å². The summed E-state index contributed by atoms with van der Waals surface area (Å²) in [6.45, 7) is 0. The molecule has 0 N–H and O–H groups in total. The summed E-state index contributed by atoms with van der Waals surface area (Å²) < 4.78 is 7.69. The number of aromatic nitrogens is 3. The quantitative estimate of drug-likeness (QED) is 0.466. The average Bonchev–Trinajstić information content (AvgIpc) is 3.27. The van der Waals surface area contributed by atoms with E-state index >= 15 is 0 Å². The largest absolute Gasteiger partial charge is 0.453 e. The average molecular weight is 317 g/mol. The molecule has 0 unspecified atom stereocenters. The van der Waals surface area contributed by atoms with E-state index in [0.717, 1.165) is 38.0 Å². The maximum atomic E-state index is 5.87. The van der Waals surface area contributed by atoms with E-state index in [2.05, 4.69) is 10.1 Å². The van der Waals surface area contributed by atoms with Crippen LogP contribution in [-0.4, -0.2) is 14.6 Å². The number of fused-ring (bicyclic) bond motifs is 2. The number of hydrogen-bond donors (Lipinski definition) is 0. The van der Waals surface area contributed by atoms with Crippen LogP contribution in [0.2, 0.25) is 0 Å². The van der Waals surface area contributed by atoms with Crippen molar-refractivity contribution in [1.82, 2.24) is 14.6 Å². The second kappa shape index (κ2) is 4.79. The topological polar surface area (TPSA) is 43.3 Å². The SMILES string of the molecule is c1ccc(-c2cn3nc(-c4cc5ccccc5o4)sc3n2)cc1. The van der Waals surface area contributed by atoms with Gasteiger partial charge in [0.25, 0.3) is 0 Å². The Morgan fingerprint density at radius 2 is 1.78 bits per heavy atom. The fourth-order valence-electron chi connectivity index (χ4n) is 2.63. The fourth-order valence-corrected chi connectivity index (χ4v) is 3.47. The predicted octanol–water partition coefficient (Wildman–Crippen LogP) is 4.87. The summed E-state index contributed by atoms with van der Waals surface area (Å²) in [6, 6.07) is 20.1. The molecule has 3 heterocycles. The lowest BCUT2D eigenvalue weighted by molar-refractivity contribution is 0.629. The van der Waals surface area contributed by atoms with Crippen LogP contribution in [0.3, 0.4) is 0 Å². The van der Waals surface area contributed by atoms with Gasteiger partial charge in [-0.05, 0) is 12.1 Å². The maximum absolute atomic E-state index is 5.87. The van der Waals surface area contributed by atoms with Crippen molar-refractivity contribution >= 4 is 27.3 Å². The summed E-state index contributed by atoms with van der Waals surface area (Å²) in [7, 11) is 0. The lowest BCUT2D eigenvalue weighted by Gasteiger charge is -1.93. The first-order valence-corrected chi connectivity index (χ1v) is 8.09. The van der Waals surface area contributed by atoms with E-state index in [1.54, 1.807) is 0 Å². The molecular weight excluding hydrogens is 306 g/mol. The lowest BCUT2D eigenvalue weighted by atomic mass is 10.2. The van der Waals surface area contributed by atoms with Crippen LogP contribution in [0.15, 0.2) is 71.3 Å². The van der Waals surface area contributed by atoms with Crippen LogP contribution >= 0.6 is 11.3 Å². The van der Waals surface area contributed by atoms with Gasteiger partial charge in [0.1, 0.15) is 5.58 Å². The van der Waals surface area contributed by atoms with Gasteiger partial charge < -0.3 is 4.42 Å². The summed E-state index contributed by atoms with van der Waals surface area (Å²) in [5, 5.41) is 6.52. The zero-order valence-electron chi connectivity index (χ0n) is 12.0. The summed E-state index contributed by atoms with van der Waals surface area (Å²) in [5.41, 5.74) is 2.90. The Balaban J connectivity index is 1.60. The zero-order chi connectivity index (χ0) is 15.2. The summed E-state index contributed by atoms with van der Waals surface area (Å²) in [5.74, 6) is 0.781. The highest BCUT2D eigenvalue weighted by Gasteiger charge is 2.14. The van der Waals surface area contributed by atoms with Gasteiger partial charge in [0.05, 0.1) is 11.9 Å². The molecule has 0 atom stereocenters. The Morgan fingerprint density at radius 1 is 0.957 bits per heavy atom. The van der Waals surface area contributed by atoms with Gasteiger partial charge in [0.15, 0.2) is 10.8 Å². The number of rotatable bonds is 2. The van der Waals surface area contributed by atoms with Crippen molar-refractivity contribution in [2.75, 3.05) is 0 Å². The van der Waals surface area contributed by atoms with Crippen molar-refractivity contribution in [3.05, 3.63) is 66.9 Å². The molecular formula is C18H11N3OS. The molecule has 4 nitrogen and oxygen atoms in total. The Labute approximate surface area is 135 Å². The first-order chi connectivity index (χ1) is 11.4. The number of para-hydroxylation sites is 1. The van der Waals surface area contributed by atoms with Gasteiger partial charge in [-0.2, -0.15) is 5.10 Å². The van der Waals surface area contributed by atoms with Gasteiger partial charge in [0, 0.05) is 10.9 Å². The first kappa shape index (κ1) is 12.6. The summed E-state index contributed by atoms with van der Waals surface area (Å²) in [4.78, 5) is 5.52. The molecule has 0 aliphatic rings. The summed E-state index contributed by atoms with van der Waals surface area (Å²) >= 11 is 1.53. The van der Waals surface area contributed by atoms with Crippen LogP contribution in [0.4, 0.5) is 0 Å². The molecule has 0 aliphatic heterocycles.